The van der Waals surface area contributed by atoms with E-state index in [1.807, 2.05) is 7.05 Å². The van der Waals surface area contributed by atoms with E-state index in [1.54, 1.807) is 0 Å². The third kappa shape index (κ3) is 3.63. The van der Waals surface area contributed by atoms with Gasteiger partial charge in [-0.25, -0.2) is 4.39 Å². The van der Waals surface area contributed by atoms with Gasteiger partial charge in [-0.15, -0.1) is 0 Å². The molecule has 1 aliphatic heterocycles. The van der Waals surface area contributed by atoms with Crippen molar-refractivity contribution in [3.05, 3.63) is 0 Å². The fraction of sp³-hybridized carbons (Fsp3) is 1.00. The number of alkyl halides is 1. The van der Waals surface area contributed by atoms with Crippen LogP contribution in [0.15, 0.2) is 0 Å². The molecule has 0 amide bonds. The van der Waals surface area contributed by atoms with E-state index < -0.39 is 5.67 Å². The van der Waals surface area contributed by atoms with Crippen molar-refractivity contribution in [3.63, 3.8) is 0 Å². The minimum atomic E-state index is -0.939. The van der Waals surface area contributed by atoms with E-state index in [0.29, 0.717) is 13.0 Å². The van der Waals surface area contributed by atoms with Gasteiger partial charge < -0.3 is 4.90 Å². The van der Waals surface area contributed by atoms with Crippen molar-refractivity contribution in [3.8, 4) is 0 Å². The third-order valence-electron chi connectivity index (χ3n) is 2.57. The molecule has 0 aromatic carbocycles. The van der Waals surface area contributed by atoms with Crippen LogP contribution in [0.1, 0.15) is 40.0 Å². The number of nitrogens with zero attached hydrogens (tertiary/aromatic N) is 1. The van der Waals surface area contributed by atoms with Crippen LogP contribution in [0.4, 0.5) is 4.39 Å². The zero-order valence-corrected chi connectivity index (χ0v) is 9.36. The summed E-state index contributed by atoms with van der Waals surface area (Å²) in [5.74, 6) is 0. The molecule has 0 aliphatic carbocycles. The van der Waals surface area contributed by atoms with Gasteiger partial charge in [-0.2, -0.15) is 0 Å². The zero-order valence-electron chi connectivity index (χ0n) is 9.36. The van der Waals surface area contributed by atoms with Crippen LogP contribution in [0, 0.1) is 5.41 Å². The Balaban J connectivity index is 2.54. The molecule has 0 aromatic heterocycles. The third-order valence-corrected chi connectivity index (χ3v) is 2.57. The minimum Gasteiger partial charge on any atom is -0.303 e. The van der Waals surface area contributed by atoms with Gasteiger partial charge in [0.15, 0.2) is 0 Å². The van der Waals surface area contributed by atoms with Crippen LogP contribution in [0.3, 0.4) is 0 Å². The Bertz CT molecular complexity index is 173. The summed E-state index contributed by atoms with van der Waals surface area (Å²) in [5, 5.41) is 0. The van der Waals surface area contributed by atoms with Crippen LogP contribution >= 0.6 is 0 Å². The highest BCUT2D eigenvalue weighted by Crippen LogP contribution is 2.36. The molecular formula is C11H22FN. The Morgan fingerprint density at radius 3 is 2.46 bits per heavy atom. The van der Waals surface area contributed by atoms with Gasteiger partial charge in [0.1, 0.15) is 5.67 Å². The molecule has 1 heterocycles. The van der Waals surface area contributed by atoms with E-state index in [2.05, 4.69) is 25.7 Å². The van der Waals surface area contributed by atoms with E-state index >= 15 is 0 Å². The Morgan fingerprint density at radius 1 is 1.38 bits per heavy atom. The predicted molar refractivity (Wildman–Crippen MR) is 54.6 cm³/mol. The maximum absolute atomic E-state index is 14.3. The Labute approximate surface area is 81.3 Å². The summed E-state index contributed by atoms with van der Waals surface area (Å²) < 4.78 is 14.3. The number of piperidine rings is 1. The maximum Gasteiger partial charge on any atom is 0.124 e. The van der Waals surface area contributed by atoms with Crippen LogP contribution in [-0.4, -0.2) is 30.7 Å². The second-order valence-electron chi connectivity index (χ2n) is 5.73. The quantitative estimate of drug-likeness (QED) is 0.610. The van der Waals surface area contributed by atoms with Gasteiger partial charge in [-0.1, -0.05) is 20.8 Å². The molecule has 1 fully saturated rings. The lowest BCUT2D eigenvalue weighted by molar-refractivity contribution is 0.0232. The number of hydrogen-bond donors (Lipinski definition) is 0. The first kappa shape index (κ1) is 11.0. The molecule has 1 saturated heterocycles. The summed E-state index contributed by atoms with van der Waals surface area (Å²) in [7, 11) is 2.01. The smallest absolute Gasteiger partial charge is 0.124 e. The summed E-state index contributed by atoms with van der Waals surface area (Å²) in [5.41, 5.74) is -0.835. The highest BCUT2D eigenvalue weighted by Gasteiger charge is 2.37. The highest BCUT2D eigenvalue weighted by atomic mass is 19.1. The van der Waals surface area contributed by atoms with Crippen LogP contribution in [0.2, 0.25) is 0 Å². The van der Waals surface area contributed by atoms with Crippen molar-refractivity contribution in [1.29, 1.82) is 0 Å². The molecular weight excluding hydrogens is 165 g/mol. The van der Waals surface area contributed by atoms with E-state index in [4.69, 9.17) is 0 Å². The molecule has 1 rings (SSSR count). The number of halogens is 1. The summed E-state index contributed by atoms with van der Waals surface area (Å²) in [4.78, 5) is 2.11. The Kier molecular flexibility index (Phi) is 3.01. The first-order valence-electron chi connectivity index (χ1n) is 5.18. The van der Waals surface area contributed by atoms with Crippen molar-refractivity contribution in [2.45, 2.75) is 45.7 Å². The highest BCUT2D eigenvalue weighted by molar-refractivity contribution is 4.89. The fourth-order valence-electron chi connectivity index (χ4n) is 2.40. The first-order chi connectivity index (χ1) is 5.81. The summed E-state index contributed by atoms with van der Waals surface area (Å²) in [6.07, 6.45) is 2.43. The standard InChI is InChI=1S/C11H22FN/c1-10(2,3)8-11(12)6-5-7-13(4)9-11/h5-9H2,1-4H3/t11-/m0/s1. The molecule has 1 nitrogen and oxygen atoms in total. The van der Waals surface area contributed by atoms with E-state index in [9.17, 15) is 4.39 Å². The van der Waals surface area contributed by atoms with Gasteiger partial charge in [-0.05, 0) is 38.3 Å². The van der Waals surface area contributed by atoms with E-state index in [0.717, 1.165) is 19.4 Å². The number of hydrogen-bond acceptors (Lipinski definition) is 1. The van der Waals surface area contributed by atoms with Crippen molar-refractivity contribution in [2.75, 3.05) is 20.1 Å². The molecule has 0 N–H and O–H groups in total. The van der Waals surface area contributed by atoms with Crippen molar-refractivity contribution in [1.82, 2.24) is 4.90 Å². The van der Waals surface area contributed by atoms with Gasteiger partial charge in [0, 0.05) is 6.54 Å². The first-order valence-corrected chi connectivity index (χ1v) is 5.18. The molecule has 0 aromatic rings. The average molecular weight is 187 g/mol. The molecule has 2 heteroatoms. The van der Waals surface area contributed by atoms with Gasteiger partial charge in [0.25, 0.3) is 0 Å². The summed E-state index contributed by atoms with van der Waals surface area (Å²) >= 11 is 0. The lowest BCUT2D eigenvalue weighted by Gasteiger charge is -2.39. The van der Waals surface area contributed by atoms with Crippen molar-refractivity contribution < 1.29 is 4.39 Å². The minimum absolute atomic E-state index is 0.104. The molecule has 0 saturated carbocycles. The molecule has 0 radical (unpaired) electrons. The SMILES string of the molecule is CN1CCC[C@](F)(CC(C)(C)C)C1. The molecule has 0 bridgehead atoms. The Hall–Kier alpha value is -0.110. The van der Waals surface area contributed by atoms with Crippen molar-refractivity contribution in [2.24, 2.45) is 5.41 Å². The Morgan fingerprint density at radius 2 is 2.00 bits per heavy atom. The molecule has 0 spiro atoms. The van der Waals surface area contributed by atoms with Crippen LogP contribution < -0.4 is 0 Å². The average Bonchev–Trinajstić information content (AvgIpc) is 1.79. The predicted octanol–water partition coefficient (Wildman–Crippen LogP) is 2.86. The lowest BCUT2D eigenvalue weighted by atomic mass is 9.79. The lowest BCUT2D eigenvalue weighted by Crippen LogP contribution is -2.45. The second kappa shape index (κ2) is 3.56. The largest absolute Gasteiger partial charge is 0.303 e. The fourth-order valence-corrected chi connectivity index (χ4v) is 2.40. The van der Waals surface area contributed by atoms with E-state index in [1.165, 1.54) is 0 Å². The van der Waals surface area contributed by atoms with Crippen LogP contribution in [-0.2, 0) is 0 Å². The second-order valence-corrected chi connectivity index (χ2v) is 5.73. The number of rotatable bonds is 1. The van der Waals surface area contributed by atoms with Gasteiger partial charge in [-0.3, -0.25) is 0 Å². The molecule has 78 valence electrons. The molecule has 0 unspecified atom stereocenters. The molecule has 1 aliphatic rings. The van der Waals surface area contributed by atoms with Crippen molar-refractivity contribution >= 4 is 0 Å². The van der Waals surface area contributed by atoms with E-state index in [-0.39, 0.29) is 5.41 Å². The van der Waals surface area contributed by atoms with Gasteiger partial charge in [0.05, 0.1) is 0 Å². The van der Waals surface area contributed by atoms with Gasteiger partial charge in [0.2, 0.25) is 0 Å². The molecule has 1 atom stereocenters. The van der Waals surface area contributed by atoms with Crippen LogP contribution in [0.25, 0.3) is 0 Å². The number of likely N-dealkylation sites (tertiary alicyclic amines) is 1. The summed E-state index contributed by atoms with van der Waals surface area (Å²) in [6.45, 7) is 8.01. The molecule has 13 heavy (non-hydrogen) atoms. The maximum atomic E-state index is 14.3. The zero-order chi connectivity index (χ0) is 10.1. The van der Waals surface area contributed by atoms with Gasteiger partial charge >= 0.3 is 0 Å². The monoisotopic (exact) mass is 187 g/mol. The normalized spacial score (nSPS) is 32.1. The van der Waals surface area contributed by atoms with Crippen LogP contribution in [0.5, 0.6) is 0 Å². The summed E-state index contributed by atoms with van der Waals surface area (Å²) in [6, 6.07) is 0. The topological polar surface area (TPSA) is 3.24 Å².